The predicted molar refractivity (Wildman–Crippen MR) is 109 cm³/mol. The Bertz CT molecular complexity index is 1120. The van der Waals surface area contributed by atoms with E-state index in [4.69, 9.17) is 9.26 Å². The van der Waals surface area contributed by atoms with Gasteiger partial charge in [-0.2, -0.15) is 0 Å². The zero-order valence-electron chi connectivity index (χ0n) is 15.7. The van der Waals surface area contributed by atoms with E-state index in [9.17, 15) is 4.79 Å². The molecule has 1 heterocycles. The number of aryl methyl sites for hydroxylation is 2. The van der Waals surface area contributed by atoms with Crippen LogP contribution >= 0.6 is 0 Å². The Labute approximate surface area is 162 Å². The average molecular weight is 372 g/mol. The summed E-state index contributed by atoms with van der Waals surface area (Å²) in [4.78, 5) is 12.5. The van der Waals surface area contributed by atoms with Crippen molar-refractivity contribution in [1.82, 2.24) is 5.16 Å². The zero-order valence-corrected chi connectivity index (χ0v) is 15.7. The number of nitrogens with zero attached hydrogens (tertiary/aromatic N) is 1. The molecule has 5 heteroatoms. The van der Waals surface area contributed by atoms with Gasteiger partial charge in [0, 0.05) is 11.1 Å². The van der Waals surface area contributed by atoms with Crippen molar-refractivity contribution in [2.75, 3.05) is 5.32 Å². The molecule has 1 aromatic heterocycles. The number of carbonyl (C=O) groups excluding carboxylic acids is 1. The highest BCUT2D eigenvalue weighted by molar-refractivity contribution is 5.95. The number of ether oxygens (including phenoxy) is 1. The molecule has 0 radical (unpaired) electrons. The van der Waals surface area contributed by atoms with Crippen molar-refractivity contribution < 1.29 is 14.1 Å². The van der Waals surface area contributed by atoms with Crippen molar-refractivity contribution in [1.29, 1.82) is 0 Å². The number of nitrogens with one attached hydrogen (secondary N) is 1. The Kier molecular flexibility index (Phi) is 4.81. The molecule has 0 saturated carbocycles. The fourth-order valence-corrected chi connectivity index (χ4v) is 3.23. The summed E-state index contributed by atoms with van der Waals surface area (Å²) in [6, 6.07) is 20.8. The molecule has 0 bridgehead atoms. The summed E-state index contributed by atoms with van der Waals surface area (Å²) in [5.74, 6) is 1.33. The van der Waals surface area contributed by atoms with E-state index in [1.54, 1.807) is 0 Å². The smallest absolute Gasteiger partial charge is 0.230 e. The summed E-state index contributed by atoms with van der Waals surface area (Å²) >= 11 is 0. The van der Waals surface area contributed by atoms with Gasteiger partial charge in [-0.1, -0.05) is 29.4 Å². The van der Waals surface area contributed by atoms with E-state index in [0.29, 0.717) is 22.7 Å². The molecule has 0 unspecified atom stereocenters. The third-order valence-electron chi connectivity index (χ3n) is 4.43. The van der Waals surface area contributed by atoms with Gasteiger partial charge in [0.05, 0.1) is 6.42 Å². The fraction of sp³-hybridized carbons (Fsp3) is 0.130. The number of benzene rings is 3. The lowest BCUT2D eigenvalue weighted by Gasteiger charge is -2.08. The van der Waals surface area contributed by atoms with Gasteiger partial charge in [0.15, 0.2) is 5.58 Å². The van der Waals surface area contributed by atoms with Crippen LogP contribution < -0.4 is 10.1 Å². The number of hydrogen-bond acceptors (Lipinski definition) is 4. The molecule has 140 valence electrons. The second kappa shape index (κ2) is 7.56. The topological polar surface area (TPSA) is 64.4 Å². The summed E-state index contributed by atoms with van der Waals surface area (Å²) in [7, 11) is 0. The monoisotopic (exact) mass is 372 g/mol. The largest absolute Gasteiger partial charge is 0.457 e. The maximum absolute atomic E-state index is 12.5. The highest BCUT2D eigenvalue weighted by Gasteiger charge is 2.15. The van der Waals surface area contributed by atoms with Gasteiger partial charge in [-0.3, -0.25) is 4.79 Å². The van der Waals surface area contributed by atoms with Crippen LogP contribution in [0.1, 0.15) is 16.8 Å². The van der Waals surface area contributed by atoms with Crippen LogP contribution in [0.15, 0.2) is 71.3 Å². The number of aromatic nitrogens is 1. The van der Waals surface area contributed by atoms with Gasteiger partial charge < -0.3 is 14.6 Å². The van der Waals surface area contributed by atoms with Crippen molar-refractivity contribution in [3.8, 4) is 11.5 Å². The molecule has 3 aromatic carbocycles. The Balaban J connectivity index is 1.43. The van der Waals surface area contributed by atoms with E-state index in [1.165, 1.54) is 0 Å². The minimum atomic E-state index is -0.146. The van der Waals surface area contributed by atoms with Crippen LogP contribution in [0, 0.1) is 13.8 Å². The van der Waals surface area contributed by atoms with Crippen molar-refractivity contribution in [3.05, 3.63) is 83.6 Å². The van der Waals surface area contributed by atoms with Crippen molar-refractivity contribution >= 4 is 22.6 Å². The minimum absolute atomic E-state index is 0.146. The van der Waals surface area contributed by atoms with Crippen LogP contribution in [0.5, 0.6) is 11.5 Å². The summed E-state index contributed by atoms with van der Waals surface area (Å²) in [5, 5.41) is 7.88. The number of fused-ring (bicyclic) bond motifs is 1. The molecule has 1 N–H and O–H groups in total. The maximum Gasteiger partial charge on any atom is 0.230 e. The van der Waals surface area contributed by atoms with E-state index >= 15 is 0 Å². The summed E-state index contributed by atoms with van der Waals surface area (Å²) in [6.45, 7) is 4.01. The minimum Gasteiger partial charge on any atom is -0.457 e. The van der Waals surface area contributed by atoms with Crippen LogP contribution in [0.4, 0.5) is 5.69 Å². The standard InChI is InChI=1S/C23H20N2O3/c1-15-12-16(2)23-20(25-28-21(23)13-15)14-22(26)24-17-8-10-19(11-9-17)27-18-6-4-3-5-7-18/h3-13H,14H2,1-2H3,(H,24,26). The van der Waals surface area contributed by atoms with E-state index in [1.807, 2.05) is 74.5 Å². The molecule has 0 fully saturated rings. The van der Waals surface area contributed by atoms with Gasteiger partial charge >= 0.3 is 0 Å². The second-order valence-electron chi connectivity index (χ2n) is 6.75. The molecular formula is C23H20N2O3. The molecule has 0 saturated heterocycles. The molecule has 0 atom stereocenters. The molecule has 0 aliphatic heterocycles. The van der Waals surface area contributed by atoms with Gasteiger partial charge in [-0.05, 0) is 67.4 Å². The van der Waals surface area contributed by atoms with Crippen LogP contribution in [0.2, 0.25) is 0 Å². The predicted octanol–water partition coefficient (Wildman–Crippen LogP) is 5.42. The van der Waals surface area contributed by atoms with E-state index in [-0.39, 0.29) is 12.3 Å². The molecule has 28 heavy (non-hydrogen) atoms. The number of anilines is 1. The molecular weight excluding hydrogens is 352 g/mol. The van der Waals surface area contributed by atoms with Crippen molar-refractivity contribution in [3.63, 3.8) is 0 Å². The normalized spacial score (nSPS) is 10.8. The molecule has 4 rings (SSSR count). The Morgan fingerprint density at radius 2 is 1.71 bits per heavy atom. The van der Waals surface area contributed by atoms with E-state index in [2.05, 4.69) is 16.5 Å². The van der Waals surface area contributed by atoms with Gasteiger partial charge in [0.2, 0.25) is 5.91 Å². The number of para-hydroxylation sites is 1. The zero-order chi connectivity index (χ0) is 19.5. The Hall–Kier alpha value is -3.60. The highest BCUT2D eigenvalue weighted by atomic mass is 16.5. The maximum atomic E-state index is 12.5. The molecule has 0 aliphatic rings. The van der Waals surface area contributed by atoms with Crippen LogP contribution in [0.3, 0.4) is 0 Å². The van der Waals surface area contributed by atoms with Crippen LogP contribution in [0.25, 0.3) is 11.0 Å². The lowest BCUT2D eigenvalue weighted by atomic mass is 10.0. The van der Waals surface area contributed by atoms with Gasteiger partial charge in [0.1, 0.15) is 17.2 Å². The molecule has 1 amide bonds. The lowest BCUT2D eigenvalue weighted by Crippen LogP contribution is -2.14. The lowest BCUT2D eigenvalue weighted by molar-refractivity contribution is -0.115. The number of hydrogen-bond donors (Lipinski definition) is 1. The Morgan fingerprint density at radius 3 is 2.46 bits per heavy atom. The van der Waals surface area contributed by atoms with Gasteiger partial charge in [-0.25, -0.2) is 0 Å². The first-order chi connectivity index (χ1) is 13.6. The summed E-state index contributed by atoms with van der Waals surface area (Å²) < 4.78 is 11.1. The fourth-order valence-electron chi connectivity index (χ4n) is 3.23. The molecule has 5 nitrogen and oxygen atoms in total. The number of amides is 1. The van der Waals surface area contributed by atoms with E-state index in [0.717, 1.165) is 22.3 Å². The molecule has 0 spiro atoms. The third-order valence-corrected chi connectivity index (χ3v) is 4.43. The number of rotatable bonds is 5. The first-order valence-corrected chi connectivity index (χ1v) is 9.07. The first-order valence-electron chi connectivity index (χ1n) is 9.07. The molecule has 0 aliphatic carbocycles. The van der Waals surface area contributed by atoms with Crippen LogP contribution in [-0.2, 0) is 11.2 Å². The SMILES string of the molecule is Cc1cc(C)c2c(CC(=O)Nc3ccc(Oc4ccccc4)cc3)noc2c1. The van der Waals surface area contributed by atoms with E-state index < -0.39 is 0 Å². The van der Waals surface area contributed by atoms with Gasteiger partial charge in [-0.15, -0.1) is 0 Å². The Morgan fingerprint density at radius 1 is 1.00 bits per heavy atom. The third kappa shape index (κ3) is 3.88. The van der Waals surface area contributed by atoms with Crippen molar-refractivity contribution in [2.45, 2.75) is 20.3 Å². The summed E-state index contributed by atoms with van der Waals surface area (Å²) in [5.41, 5.74) is 4.22. The van der Waals surface area contributed by atoms with Gasteiger partial charge in [0.25, 0.3) is 0 Å². The number of carbonyl (C=O) groups is 1. The quantitative estimate of drug-likeness (QED) is 0.508. The second-order valence-corrected chi connectivity index (χ2v) is 6.75. The first kappa shape index (κ1) is 17.8. The average Bonchev–Trinajstić information content (AvgIpc) is 3.07. The summed E-state index contributed by atoms with van der Waals surface area (Å²) in [6.07, 6.45) is 0.152. The highest BCUT2D eigenvalue weighted by Crippen LogP contribution is 2.25. The van der Waals surface area contributed by atoms with Crippen molar-refractivity contribution in [2.24, 2.45) is 0 Å². The molecule has 4 aromatic rings. The van der Waals surface area contributed by atoms with Crippen LogP contribution in [-0.4, -0.2) is 11.1 Å².